The molecule has 0 amide bonds. The van der Waals surface area contributed by atoms with Crippen LogP contribution in [0.1, 0.15) is 63.8 Å². The van der Waals surface area contributed by atoms with Crippen molar-refractivity contribution < 1.29 is 9.47 Å². The van der Waals surface area contributed by atoms with Gasteiger partial charge in [0.2, 0.25) is 0 Å². The van der Waals surface area contributed by atoms with Gasteiger partial charge in [-0.3, -0.25) is 0 Å². The summed E-state index contributed by atoms with van der Waals surface area (Å²) in [6.45, 7) is 7.51. The zero-order chi connectivity index (χ0) is 15.3. The Morgan fingerprint density at radius 3 is 2.24 bits per heavy atom. The quantitative estimate of drug-likeness (QED) is 0.598. The lowest BCUT2D eigenvalue weighted by Crippen LogP contribution is -2.21. The van der Waals surface area contributed by atoms with E-state index in [9.17, 15) is 0 Å². The maximum atomic E-state index is 6.87. The molecule has 1 atom stereocenters. The number of alkyl halides is 1. The first-order valence-electron chi connectivity index (χ1n) is 8.20. The fourth-order valence-corrected chi connectivity index (χ4v) is 3.95. The highest BCUT2D eigenvalue weighted by Gasteiger charge is 2.39. The lowest BCUT2D eigenvalue weighted by Gasteiger charge is -2.33. The molecule has 1 aromatic carbocycles. The highest BCUT2D eigenvalue weighted by Crippen LogP contribution is 2.53. The van der Waals surface area contributed by atoms with E-state index in [2.05, 4.69) is 19.1 Å². The third-order valence-electron chi connectivity index (χ3n) is 4.70. The molecule has 1 aromatic rings. The van der Waals surface area contributed by atoms with Gasteiger partial charge in [-0.05, 0) is 56.2 Å². The van der Waals surface area contributed by atoms with Crippen molar-refractivity contribution in [1.29, 1.82) is 0 Å². The maximum absolute atomic E-state index is 6.87. The van der Waals surface area contributed by atoms with E-state index in [1.165, 1.54) is 25.7 Å². The minimum absolute atomic E-state index is 0.0554. The first-order valence-corrected chi connectivity index (χ1v) is 8.64. The number of rotatable bonds is 7. The molecule has 118 valence electrons. The van der Waals surface area contributed by atoms with Crippen molar-refractivity contribution in [1.82, 2.24) is 0 Å². The lowest BCUT2D eigenvalue weighted by molar-refractivity contribution is 0.267. The normalized spacial score (nSPS) is 18.5. The van der Waals surface area contributed by atoms with Crippen LogP contribution in [-0.2, 0) is 0 Å². The highest BCUT2D eigenvalue weighted by atomic mass is 35.5. The minimum atomic E-state index is 0.0554. The average molecular weight is 311 g/mol. The summed E-state index contributed by atoms with van der Waals surface area (Å²) in [7, 11) is 0. The first-order chi connectivity index (χ1) is 10.2. The Balaban J connectivity index is 2.28. The molecule has 0 aromatic heterocycles. The van der Waals surface area contributed by atoms with Crippen molar-refractivity contribution in [3.63, 3.8) is 0 Å². The molecule has 1 aliphatic rings. The fourth-order valence-electron chi connectivity index (χ4n) is 3.44. The molecule has 2 rings (SSSR count). The van der Waals surface area contributed by atoms with Crippen LogP contribution in [0.25, 0.3) is 0 Å². The second-order valence-electron chi connectivity index (χ2n) is 5.86. The molecule has 3 heteroatoms. The van der Waals surface area contributed by atoms with E-state index in [1.807, 2.05) is 19.9 Å². The van der Waals surface area contributed by atoms with Gasteiger partial charge >= 0.3 is 0 Å². The zero-order valence-corrected chi connectivity index (χ0v) is 14.2. The third kappa shape index (κ3) is 3.48. The van der Waals surface area contributed by atoms with Gasteiger partial charge in [0.25, 0.3) is 0 Å². The number of hydrogen-bond donors (Lipinski definition) is 0. The molecule has 1 unspecified atom stereocenters. The van der Waals surface area contributed by atoms with E-state index >= 15 is 0 Å². The molecule has 0 radical (unpaired) electrons. The molecule has 0 N–H and O–H groups in total. The van der Waals surface area contributed by atoms with Crippen molar-refractivity contribution >= 4 is 11.6 Å². The van der Waals surface area contributed by atoms with Crippen LogP contribution in [0.15, 0.2) is 18.2 Å². The van der Waals surface area contributed by atoms with E-state index in [0.717, 1.165) is 23.5 Å². The van der Waals surface area contributed by atoms with Gasteiger partial charge in [0.15, 0.2) is 11.5 Å². The van der Waals surface area contributed by atoms with Crippen molar-refractivity contribution in [2.24, 2.45) is 5.41 Å². The molecule has 0 spiro atoms. The summed E-state index contributed by atoms with van der Waals surface area (Å²) < 4.78 is 11.4. The molecule has 21 heavy (non-hydrogen) atoms. The van der Waals surface area contributed by atoms with E-state index in [-0.39, 0.29) is 10.8 Å². The lowest BCUT2D eigenvalue weighted by atomic mass is 9.77. The second-order valence-corrected chi connectivity index (χ2v) is 6.29. The van der Waals surface area contributed by atoms with E-state index in [0.29, 0.717) is 13.2 Å². The Labute approximate surface area is 133 Å². The molecule has 0 bridgehead atoms. The molecule has 1 aliphatic carbocycles. The minimum Gasteiger partial charge on any atom is -0.490 e. The van der Waals surface area contributed by atoms with Gasteiger partial charge in [0.1, 0.15) is 0 Å². The standard InChI is InChI=1S/C18H27ClO2/c1-4-18(11-7-8-12-18)17(19)14-9-10-15(20-5-2)16(13-14)21-6-3/h9-10,13,17H,4-8,11-12H2,1-3H3. The number of ether oxygens (including phenoxy) is 2. The van der Waals surface area contributed by atoms with Crippen LogP contribution < -0.4 is 9.47 Å². The Morgan fingerprint density at radius 2 is 1.67 bits per heavy atom. The van der Waals surface area contributed by atoms with Gasteiger partial charge in [0, 0.05) is 0 Å². The molecular formula is C18H27ClO2. The summed E-state index contributed by atoms with van der Waals surface area (Å²) in [6, 6.07) is 6.17. The Morgan fingerprint density at radius 1 is 1.05 bits per heavy atom. The second kappa shape index (κ2) is 7.40. The van der Waals surface area contributed by atoms with Crippen LogP contribution in [0.5, 0.6) is 11.5 Å². The molecule has 2 nitrogen and oxygen atoms in total. The van der Waals surface area contributed by atoms with Gasteiger partial charge in [0.05, 0.1) is 18.6 Å². The van der Waals surface area contributed by atoms with Crippen molar-refractivity contribution in [2.75, 3.05) is 13.2 Å². The third-order valence-corrected chi connectivity index (χ3v) is 5.42. The Kier molecular flexibility index (Phi) is 5.80. The van der Waals surface area contributed by atoms with Crippen LogP contribution >= 0.6 is 11.6 Å². The Hall–Kier alpha value is -0.890. The van der Waals surface area contributed by atoms with Crippen molar-refractivity contribution in [3.05, 3.63) is 23.8 Å². The number of hydrogen-bond acceptors (Lipinski definition) is 2. The number of halogens is 1. The zero-order valence-electron chi connectivity index (χ0n) is 13.5. The van der Waals surface area contributed by atoms with E-state index in [4.69, 9.17) is 21.1 Å². The first kappa shape index (κ1) is 16.5. The summed E-state index contributed by atoms with van der Waals surface area (Å²) >= 11 is 6.87. The van der Waals surface area contributed by atoms with E-state index < -0.39 is 0 Å². The van der Waals surface area contributed by atoms with Gasteiger partial charge < -0.3 is 9.47 Å². The summed E-state index contributed by atoms with van der Waals surface area (Å²) in [6.07, 6.45) is 6.20. The summed E-state index contributed by atoms with van der Waals surface area (Å²) in [5, 5.41) is 0.0554. The van der Waals surface area contributed by atoms with Crippen LogP contribution in [0, 0.1) is 5.41 Å². The summed E-state index contributed by atoms with van der Waals surface area (Å²) in [5.74, 6) is 1.62. The van der Waals surface area contributed by atoms with Crippen LogP contribution in [0.4, 0.5) is 0 Å². The van der Waals surface area contributed by atoms with Gasteiger partial charge in [-0.15, -0.1) is 11.6 Å². The van der Waals surface area contributed by atoms with E-state index in [1.54, 1.807) is 0 Å². The smallest absolute Gasteiger partial charge is 0.161 e. The SMILES string of the molecule is CCOc1ccc(C(Cl)C2(CC)CCCC2)cc1OCC. The van der Waals surface area contributed by atoms with Crippen LogP contribution in [0.3, 0.4) is 0 Å². The van der Waals surface area contributed by atoms with Gasteiger partial charge in [-0.2, -0.15) is 0 Å². The maximum Gasteiger partial charge on any atom is 0.161 e. The molecular weight excluding hydrogens is 284 g/mol. The average Bonchev–Trinajstić information content (AvgIpc) is 2.99. The summed E-state index contributed by atoms with van der Waals surface area (Å²) in [4.78, 5) is 0. The Bertz CT molecular complexity index is 453. The van der Waals surface area contributed by atoms with Gasteiger partial charge in [-0.25, -0.2) is 0 Å². The highest BCUT2D eigenvalue weighted by molar-refractivity contribution is 6.21. The van der Waals surface area contributed by atoms with Crippen LogP contribution in [-0.4, -0.2) is 13.2 Å². The monoisotopic (exact) mass is 310 g/mol. The van der Waals surface area contributed by atoms with Crippen molar-refractivity contribution in [2.45, 2.75) is 58.3 Å². The van der Waals surface area contributed by atoms with Crippen LogP contribution in [0.2, 0.25) is 0 Å². The van der Waals surface area contributed by atoms with Crippen molar-refractivity contribution in [3.8, 4) is 11.5 Å². The largest absolute Gasteiger partial charge is 0.490 e. The topological polar surface area (TPSA) is 18.5 Å². The summed E-state index contributed by atoms with van der Waals surface area (Å²) in [5.41, 5.74) is 1.41. The molecule has 0 heterocycles. The molecule has 0 aliphatic heterocycles. The number of benzene rings is 1. The molecule has 1 fully saturated rings. The molecule has 1 saturated carbocycles. The molecule has 0 saturated heterocycles. The van der Waals surface area contributed by atoms with Gasteiger partial charge in [-0.1, -0.05) is 25.8 Å². The predicted octanol–water partition coefficient (Wildman–Crippen LogP) is 5.73. The fraction of sp³-hybridized carbons (Fsp3) is 0.667. The predicted molar refractivity (Wildman–Crippen MR) is 88.6 cm³/mol.